The first-order chi connectivity index (χ1) is 13.9. The fourth-order valence-electron chi connectivity index (χ4n) is 2.65. The summed E-state index contributed by atoms with van der Waals surface area (Å²) in [6, 6.07) is 21.0. The number of halogens is 1. The Kier molecular flexibility index (Phi) is 6.41. The molecular formula is C21H19ClN2O4S. The zero-order valence-electron chi connectivity index (χ0n) is 15.6. The van der Waals surface area contributed by atoms with Crippen LogP contribution in [0.5, 0.6) is 5.75 Å². The van der Waals surface area contributed by atoms with Crippen molar-refractivity contribution in [2.24, 2.45) is 0 Å². The predicted molar refractivity (Wildman–Crippen MR) is 114 cm³/mol. The number of nitrogens with one attached hydrogen (secondary N) is 1. The highest BCUT2D eigenvalue weighted by molar-refractivity contribution is 7.92. The molecule has 0 saturated carbocycles. The van der Waals surface area contributed by atoms with Crippen LogP contribution in [0.25, 0.3) is 0 Å². The van der Waals surface area contributed by atoms with E-state index in [0.717, 1.165) is 4.31 Å². The molecule has 8 heteroatoms. The number of anilines is 2. The van der Waals surface area contributed by atoms with Crippen LogP contribution in [0, 0.1) is 0 Å². The summed E-state index contributed by atoms with van der Waals surface area (Å²) in [4.78, 5) is 12.6. The summed E-state index contributed by atoms with van der Waals surface area (Å²) < 4.78 is 32.7. The molecule has 3 aromatic rings. The third-order valence-electron chi connectivity index (χ3n) is 4.11. The maximum Gasteiger partial charge on any atom is 0.264 e. The number of benzene rings is 3. The van der Waals surface area contributed by atoms with Gasteiger partial charge in [0.05, 0.1) is 17.7 Å². The fraction of sp³-hybridized carbons (Fsp3) is 0.0952. The van der Waals surface area contributed by atoms with Gasteiger partial charge in [0.2, 0.25) is 5.91 Å². The van der Waals surface area contributed by atoms with Gasteiger partial charge in [-0.05, 0) is 60.7 Å². The second-order valence-electron chi connectivity index (χ2n) is 6.08. The Balaban J connectivity index is 1.90. The maximum atomic E-state index is 13.3. The lowest BCUT2D eigenvalue weighted by Crippen LogP contribution is -2.38. The third kappa shape index (κ3) is 5.07. The fourth-order valence-corrected chi connectivity index (χ4v) is 4.20. The van der Waals surface area contributed by atoms with Gasteiger partial charge < -0.3 is 10.1 Å². The van der Waals surface area contributed by atoms with Gasteiger partial charge in [-0.2, -0.15) is 0 Å². The van der Waals surface area contributed by atoms with Crippen molar-refractivity contribution in [1.82, 2.24) is 0 Å². The number of rotatable bonds is 7. The summed E-state index contributed by atoms with van der Waals surface area (Å²) in [7, 11) is -2.48. The van der Waals surface area contributed by atoms with E-state index in [2.05, 4.69) is 5.32 Å². The lowest BCUT2D eigenvalue weighted by atomic mass is 10.3. The molecule has 29 heavy (non-hydrogen) atoms. The molecule has 0 bridgehead atoms. The lowest BCUT2D eigenvalue weighted by molar-refractivity contribution is -0.114. The monoisotopic (exact) mass is 430 g/mol. The minimum Gasteiger partial charge on any atom is -0.497 e. The van der Waals surface area contributed by atoms with Crippen LogP contribution >= 0.6 is 11.6 Å². The van der Waals surface area contributed by atoms with Crippen LogP contribution in [0.2, 0.25) is 5.02 Å². The molecule has 3 aromatic carbocycles. The summed E-state index contributed by atoms with van der Waals surface area (Å²) in [6.45, 7) is -0.388. The standard InChI is InChI=1S/C21H19ClN2O4S/c1-28-19-11-13-20(14-12-19)29(26,27)24(18-5-3-2-4-6-18)15-21(25)23-17-9-7-16(22)8-10-17/h2-14H,15H2,1H3,(H,23,25). The first kappa shape index (κ1) is 20.7. The van der Waals surface area contributed by atoms with E-state index in [0.29, 0.717) is 22.1 Å². The number of hydrogen-bond acceptors (Lipinski definition) is 4. The molecule has 3 rings (SSSR count). The maximum absolute atomic E-state index is 13.3. The number of carbonyl (C=O) groups excluding carboxylic acids is 1. The topological polar surface area (TPSA) is 75.7 Å². The van der Waals surface area contributed by atoms with E-state index in [-0.39, 0.29) is 11.4 Å². The number of nitrogens with zero attached hydrogens (tertiary/aromatic N) is 1. The molecule has 0 atom stereocenters. The second kappa shape index (κ2) is 8.98. The highest BCUT2D eigenvalue weighted by Gasteiger charge is 2.27. The van der Waals surface area contributed by atoms with Crippen molar-refractivity contribution in [3.05, 3.63) is 83.9 Å². The van der Waals surface area contributed by atoms with E-state index in [1.165, 1.54) is 19.2 Å². The summed E-state index contributed by atoms with van der Waals surface area (Å²) in [5, 5.41) is 3.23. The molecule has 0 aliphatic rings. The molecule has 0 aliphatic heterocycles. The van der Waals surface area contributed by atoms with Gasteiger partial charge in [-0.1, -0.05) is 29.8 Å². The van der Waals surface area contributed by atoms with Crippen LogP contribution in [0.1, 0.15) is 0 Å². The van der Waals surface area contributed by atoms with Gasteiger partial charge in [-0.3, -0.25) is 9.10 Å². The van der Waals surface area contributed by atoms with Crippen LogP contribution < -0.4 is 14.4 Å². The summed E-state index contributed by atoms with van der Waals surface area (Å²) in [5.41, 5.74) is 0.906. The van der Waals surface area contributed by atoms with Crippen LogP contribution in [0.4, 0.5) is 11.4 Å². The minimum absolute atomic E-state index is 0.0569. The Morgan fingerprint density at radius 2 is 1.59 bits per heavy atom. The van der Waals surface area contributed by atoms with Gasteiger partial charge >= 0.3 is 0 Å². The molecule has 0 saturated heterocycles. The molecule has 1 N–H and O–H groups in total. The van der Waals surface area contributed by atoms with E-state index >= 15 is 0 Å². The van der Waals surface area contributed by atoms with Gasteiger partial charge in [0, 0.05) is 10.7 Å². The molecule has 0 fully saturated rings. The van der Waals surface area contributed by atoms with E-state index in [1.807, 2.05) is 0 Å². The summed E-state index contributed by atoms with van der Waals surface area (Å²) in [5.74, 6) is 0.0592. The lowest BCUT2D eigenvalue weighted by Gasteiger charge is -2.24. The van der Waals surface area contributed by atoms with E-state index in [9.17, 15) is 13.2 Å². The van der Waals surface area contributed by atoms with Gasteiger partial charge in [0.1, 0.15) is 12.3 Å². The minimum atomic E-state index is -3.98. The van der Waals surface area contributed by atoms with Crippen molar-refractivity contribution in [3.8, 4) is 5.75 Å². The average molecular weight is 431 g/mol. The molecule has 0 aliphatic carbocycles. The molecule has 150 valence electrons. The second-order valence-corrected chi connectivity index (χ2v) is 8.38. The number of carbonyl (C=O) groups is 1. The highest BCUT2D eigenvalue weighted by atomic mass is 35.5. The first-order valence-electron chi connectivity index (χ1n) is 8.67. The van der Waals surface area contributed by atoms with Crippen LogP contribution in [-0.4, -0.2) is 28.0 Å². The van der Waals surface area contributed by atoms with Crippen molar-refractivity contribution in [3.63, 3.8) is 0 Å². The van der Waals surface area contributed by atoms with E-state index in [1.54, 1.807) is 66.7 Å². The van der Waals surface area contributed by atoms with Gasteiger partial charge in [-0.15, -0.1) is 0 Å². The molecule has 0 unspecified atom stereocenters. The first-order valence-corrected chi connectivity index (χ1v) is 10.5. The zero-order chi connectivity index (χ0) is 20.9. The summed E-state index contributed by atoms with van der Waals surface area (Å²) in [6.07, 6.45) is 0. The summed E-state index contributed by atoms with van der Waals surface area (Å²) >= 11 is 5.85. The normalized spacial score (nSPS) is 11.0. The number of sulfonamides is 1. The third-order valence-corrected chi connectivity index (χ3v) is 6.15. The largest absolute Gasteiger partial charge is 0.497 e. The Bertz CT molecular complexity index is 1070. The number of hydrogen-bond donors (Lipinski definition) is 1. The van der Waals surface area contributed by atoms with E-state index in [4.69, 9.17) is 16.3 Å². The quantitative estimate of drug-likeness (QED) is 0.610. The van der Waals surface area contributed by atoms with Crippen LogP contribution in [0.15, 0.2) is 83.8 Å². The average Bonchev–Trinajstić information content (AvgIpc) is 2.74. The van der Waals surface area contributed by atoms with Crippen molar-refractivity contribution < 1.29 is 17.9 Å². The number of amides is 1. The SMILES string of the molecule is COc1ccc(S(=O)(=O)N(CC(=O)Nc2ccc(Cl)cc2)c2ccccc2)cc1. The molecule has 0 heterocycles. The predicted octanol–water partition coefficient (Wildman–Crippen LogP) is 4.18. The molecule has 6 nitrogen and oxygen atoms in total. The van der Waals surface area contributed by atoms with Crippen LogP contribution in [-0.2, 0) is 14.8 Å². The highest BCUT2D eigenvalue weighted by Crippen LogP contribution is 2.25. The Hall–Kier alpha value is -3.03. The molecule has 0 aromatic heterocycles. The van der Waals surface area contributed by atoms with Crippen molar-refractivity contribution in [1.29, 1.82) is 0 Å². The van der Waals surface area contributed by atoms with Crippen molar-refractivity contribution >= 4 is 38.9 Å². The smallest absolute Gasteiger partial charge is 0.264 e. The Labute approximate surface area is 174 Å². The number of para-hydroxylation sites is 1. The number of methoxy groups -OCH3 is 1. The Morgan fingerprint density at radius 1 is 0.966 bits per heavy atom. The van der Waals surface area contributed by atoms with Gasteiger partial charge in [0.15, 0.2) is 0 Å². The molecule has 0 radical (unpaired) electrons. The zero-order valence-corrected chi connectivity index (χ0v) is 17.2. The van der Waals surface area contributed by atoms with Crippen molar-refractivity contribution in [2.75, 3.05) is 23.3 Å². The molecular weight excluding hydrogens is 412 g/mol. The van der Waals surface area contributed by atoms with E-state index < -0.39 is 15.9 Å². The Morgan fingerprint density at radius 3 is 2.17 bits per heavy atom. The van der Waals surface area contributed by atoms with Gasteiger partial charge in [-0.25, -0.2) is 8.42 Å². The number of ether oxygens (including phenoxy) is 1. The van der Waals surface area contributed by atoms with Crippen molar-refractivity contribution in [2.45, 2.75) is 4.90 Å². The molecule has 1 amide bonds. The van der Waals surface area contributed by atoms with Gasteiger partial charge in [0.25, 0.3) is 10.0 Å². The molecule has 0 spiro atoms. The van der Waals surface area contributed by atoms with Crippen LogP contribution in [0.3, 0.4) is 0 Å².